The van der Waals surface area contributed by atoms with E-state index in [0.717, 1.165) is 0 Å². The highest BCUT2D eigenvalue weighted by Gasteiger charge is 2.12. The van der Waals surface area contributed by atoms with E-state index in [1.54, 1.807) is 6.92 Å². The van der Waals surface area contributed by atoms with Crippen molar-refractivity contribution in [2.45, 2.75) is 13.8 Å². The standard InChI is InChI=1S/C5H9N3O3S/c1-3-12(9,10)8-5-4(2)6-11-7-5/h3H2,1-2H3,(H,7,8). The molecule has 0 saturated heterocycles. The van der Waals surface area contributed by atoms with Crippen LogP contribution in [0.25, 0.3) is 0 Å². The normalized spacial score (nSPS) is 11.5. The summed E-state index contributed by atoms with van der Waals surface area (Å²) >= 11 is 0. The van der Waals surface area contributed by atoms with Crippen molar-refractivity contribution in [3.05, 3.63) is 5.69 Å². The summed E-state index contributed by atoms with van der Waals surface area (Å²) < 4.78 is 28.5. The Balaban J connectivity index is 2.84. The van der Waals surface area contributed by atoms with E-state index in [4.69, 9.17) is 0 Å². The minimum absolute atomic E-state index is 0.000694. The molecule has 68 valence electrons. The van der Waals surface area contributed by atoms with Crippen LogP contribution in [0.3, 0.4) is 0 Å². The number of hydrogen-bond acceptors (Lipinski definition) is 5. The number of aryl methyl sites for hydroxylation is 1. The average molecular weight is 191 g/mol. The highest BCUT2D eigenvalue weighted by atomic mass is 32.2. The smallest absolute Gasteiger partial charge is 0.233 e. The first-order valence-electron chi connectivity index (χ1n) is 3.35. The summed E-state index contributed by atoms with van der Waals surface area (Å²) in [6.45, 7) is 3.13. The topological polar surface area (TPSA) is 85.1 Å². The fraction of sp³-hybridized carbons (Fsp3) is 0.600. The Morgan fingerprint density at radius 2 is 2.17 bits per heavy atom. The minimum Gasteiger partial charge on any atom is -0.263 e. The fourth-order valence-corrected chi connectivity index (χ4v) is 1.17. The summed E-state index contributed by atoms with van der Waals surface area (Å²) in [5.41, 5.74) is 0.423. The number of sulfonamides is 1. The molecule has 1 aromatic heterocycles. The molecule has 0 saturated carbocycles. The van der Waals surface area contributed by atoms with Gasteiger partial charge < -0.3 is 0 Å². The van der Waals surface area contributed by atoms with Crippen LogP contribution < -0.4 is 4.72 Å². The molecule has 0 spiro atoms. The summed E-state index contributed by atoms with van der Waals surface area (Å²) in [5, 5.41) is 6.79. The van der Waals surface area contributed by atoms with Crippen molar-refractivity contribution in [2.24, 2.45) is 0 Å². The maximum Gasteiger partial charge on any atom is 0.233 e. The van der Waals surface area contributed by atoms with Gasteiger partial charge in [-0.2, -0.15) is 0 Å². The van der Waals surface area contributed by atoms with Crippen LogP contribution in [0.4, 0.5) is 5.82 Å². The lowest BCUT2D eigenvalue weighted by molar-refractivity contribution is 0.306. The first-order valence-corrected chi connectivity index (χ1v) is 5.00. The molecule has 1 heterocycles. The van der Waals surface area contributed by atoms with Crippen LogP contribution in [0, 0.1) is 6.92 Å². The molecule has 1 aromatic rings. The molecule has 1 rings (SSSR count). The van der Waals surface area contributed by atoms with Gasteiger partial charge >= 0.3 is 0 Å². The maximum atomic E-state index is 11.0. The van der Waals surface area contributed by atoms with Crippen LogP contribution in [0.5, 0.6) is 0 Å². The van der Waals surface area contributed by atoms with Gasteiger partial charge in [-0.1, -0.05) is 5.16 Å². The lowest BCUT2D eigenvalue weighted by Gasteiger charge is -1.99. The predicted octanol–water partition coefficient (Wildman–Crippen LogP) is 0.140. The number of hydrogen-bond donors (Lipinski definition) is 1. The van der Waals surface area contributed by atoms with Crippen molar-refractivity contribution in [3.63, 3.8) is 0 Å². The molecule has 0 aliphatic heterocycles. The quantitative estimate of drug-likeness (QED) is 0.734. The third-order valence-corrected chi connectivity index (χ3v) is 2.55. The Hall–Kier alpha value is -1.11. The van der Waals surface area contributed by atoms with Crippen LogP contribution in [0.2, 0.25) is 0 Å². The molecule has 1 N–H and O–H groups in total. The van der Waals surface area contributed by atoms with Gasteiger partial charge in [-0.05, 0) is 19.0 Å². The van der Waals surface area contributed by atoms with Crippen LogP contribution in [0.15, 0.2) is 4.63 Å². The second-order valence-electron chi connectivity index (χ2n) is 2.20. The molecule has 0 aromatic carbocycles. The SMILES string of the molecule is CCS(=O)(=O)Nc1nonc1C. The third kappa shape index (κ3) is 1.94. The summed E-state index contributed by atoms with van der Waals surface area (Å²) in [5.74, 6) is 0.149. The average Bonchev–Trinajstić information content (AvgIpc) is 2.36. The first-order chi connectivity index (χ1) is 5.55. The number of nitrogens with one attached hydrogen (secondary N) is 1. The zero-order chi connectivity index (χ0) is 9.19. The van der Waals surface area contributed by atoms with Gasteiger partial charge in [0.25, 0.3) is 0 Å². The van der Waals surface area contributed by atoms with E-state index in [1.165, 1.54) is 6.92 Å². The van der Waals surface area contributed by atoms with Crippen LogP contribution in [0.1, 0.15) is 12.6 Å². The summed E-state index contributed by atoms with van der Waals surface area (Å²) in [7, 11) is -3.28. The lowest BCUT2D eigenvalue weighted by atomic mass is 10.5. The second kappa shape index (κ2) is 3.10. The van der Waals surface area contributed by atoms with Crippen LogP contribution >= 0.6 is 0 Å². The monoisotopic (exact) mass is 191 g/mol. The first kappa shape index (κ1) is 8.98. The van der Waals surface area contributed by atoms with E-state index in [9.17, 15) is 8.42 Å². The van der Waals surface area contributed by atoms with Crippen molar-refractivity contribution >= 4 is 15.8 Å². The van der Waals surface area contributed by atoms with E-state index in [-0.39, 0.29) is 11.6 Å². The molecule has 6 nitrogen and oxygen atoms in total. The molecule has 0 amide bonds. The van der Waals surface area contributed by atoms with Crippen LogP contribution in [-0.4, -0.2) is 24.5 Å². The third-order valence-electron chi connectivity index (χ3n) is 1.28. The van der Waals surface area contributed by atoms with Crippen molar-refractivity contribution in [3.8, 4) is 0 Å². The van der Waals surface area contributed by atoms with Crippen molar-refractivity contribution in [1.82, 2.24) is 10.3 Å². The fourth-order valence-electron chi connectivity index (χ4n) is 0.544. The van der Waals surface area contributed by atoms with Crippen molar-refractivity contribution in [1.29, 1.82) is 0 Å². The summed E-state index contributed by atoms with van der Waals surface area (Å²) in [6.07, 6.45) is 0. The number of rotatable bonds is 3. The zero-order valence-corrected chi connectivity index (χ0v) is 7.55. The largest absolute Gasteiger partial charge is 0.263 e. The van der Waals surface area contributed by atoms with Gasteiger partial charge in [-0.15, -0.1) is 0 Å². The van der Waals surface area contributed by atoms with Gasteiger partial charge in [0.2, 0.25) is 15.8 Å². The molecular weight excluding hydrogens is 182 g/mol. The molecule has 0 fully saturated rings. The summed E-state index contributed by atoms with van der Waals surface area (Å²) in [6, 6.07) is 0. The molecule has 12 heavy (non-hydrogen) atoms. The Labute approximate surface area is 70.0 Å². The van der Waals surface area contributed by atoms with Gasteiger partial charge in [-0.3, -0.25) is 4.72 Å². The molecule has 0 aliphatic rings. The Morgan fingerprint density at radius 1 is 1.50 bits per heavy atom. The van der Waals surface area contributed by atoms with Crippen molar-refractivity contribution < 1.29 is 13.0 Å². The lowest BCUT2D eigenvalue weighted by Crippen LogP contribution is -2.15. The molecule has 7 heteroatoms. The molecule has 0 atom stereocenters. The van der Waals surface area contributed by atoms with E-state index in [1.807, 2.05) is 0 Å². The van der Waals surface area contributed by atoms with E-state index >= 15 is 0 Å². The number of anilines is 1. The maximum absolute atomic E-state index is 11.0. The van der Waals surface area contributed by atoms with Gasteiger partial charge in [0, 0.05) is 0 Å². The Kier molecular flexibility index (Phi) is 2.32. The highest BCUT2D eigenvalue weighted by Crippen LogP contribution is 2.08. The minimum atomic E-state index is -3.28. The van der Waals surface area contributed by atoms with Crippen molar-refractivity contribution in [2.75, 3.05) is 10.5 Å². The van der Waals surface area contributed by atoms with Gasteiger partial charge in [-0.25, -0.2) is 13.0 Å². The number of aromatic nitrogens is 2. The van der Waals surface area contributed by atoms with Gasteiger partial charge in [0.05, 0.1) is 5.75 Å². The van der Waals surface area contributed by atoms with E-state index < -0.39 is 10.0 Å². The molecule has 0 bridgehead atoms. The molecule has 0 unspecified atom stereocenters. The van der Waals surface area contributed by atoms with E-state index in [0.29, 0.717) is 5.69 Å². The molecular formula is C5H9N3O3S. The molecule has 0 radical (unpaired) electrons. The highest BCUT2D eigenvalue weighted by molar-refractivity contribution is 7.92. The van der Waals surface area contributed by atoms with Gasteiger partial charge in [0.15, 0.2) is 0 Å². The number of nitrogens with zero attached hydrogens (tertiary/aromatic N) is 2. The second-order valence-corrected chi connectivity index (χ2v) is 4.21. The van der Waals surface area contributed by atoms with Gasteiger partial charge in [0.1, 0.15) is 5.69 Å². The summed E-state index contributed by atoms with van der Waals surface area (Å²) in [4.78, 5) is 0. The Bertz CT molecular complexity index is 356. The zero-order valence-electron chi connectivity index (χ0n) is 6.73. The van der Waals surface area contributed by atoms with Crippen LogP contribution in [-0.2, 0) is 10.0 Å². The Morgan fingerprint density at radius 3 is 2.58 bits per heavy atom. The molecule has 0 aliphatic carbocycles. The van der Waals surface area contributed by atoms with E-state index in [2.05, 4.69) is 19.7 Å². The predicted molar refractivity (Wildman–Crippen MR) is 42.1 cm³/mol.